The largest absolute Gasteiger partial charge is 0.368 e. The Labute approximate surface area is 90.5 Å². The number of hydrogen-bond donors (Lipinski definition) is 2. The van der Waals surface area contributed by atoms with Crippen LogP contribution in [0.4, 0.5) is 0 Å². The van der Waals surface area contributed by atoms with Crippen LogP contribution in [0.2, 0.25) is 0 Å². The summed E-state index contributed by atoms with van der Waals surface area (Å²) in [5.74, 6) is -0.501. The minimum Gasteiger partial charge on any atom is -0.368 e. The lowest BCUT2D eigenvalue weighted by Crippen LogP contribution is -2.28. The number of amides is 1. The smallest absolute Gasteiger partial charge is 0.238 e. The maximum absolute atomic E-state index is 10.9. The topological polar surface area (TPSA) is 69.1 Å². The monoisotopic (exact) mass is 206 g/mol. The van der Waals surface area contributed by atoms with Crippen LogP contribution in [-0.4, -0.2) is 5.91 Å². The van der Waals surface area contributed by atoms with E-state index >= 15 is 0 Å². The van der Waals surface area contributed by atoms with Crippen LogP contribution in [0.5, 0.6) is 0 Å². The average molecular weight is 206 g/mol. The molecule has 4 N–H and O–H groups in total. The van der Waals surface area contributed by atoms with Crippen molar-refractivity contribution in [3.05, 3.63) is 35.4 Å². The Hall–Kier alpha value is -1.35. The van der Waals surface area contributed by atoms with Gasteiger partial charge in [0.2, 0.25) is 5.91 Å². The first kappa shape index (κ1) is 11.7. The molecule has 15 heavy (non-hydrogen) atoms. The van der Waals surface area contributed by atoms with Gasteiger partial charge in [-0.2, -0.15) is 0 Å². The van der Waals surface area contributed by atoms with Crippen LogP contribution in [0.1, 0.15) is 37.9 Å². The summed E-state index contributed by atoms with van der Waals surface area (Å²) in [6.07, 6.45) is 0. The molecule has 0 heterocycles. The van der Waals surface area contributed by atoms with Crippen LogP contribution in [0.3, 0.4) is 0 Å². The average Bonchev–Trinajstić information content (AvgIpc) is 2.15. The normalized spacial score (nSPS) is 13.6. The summed E-state index contributed by atoms with van der Waals surface area (Å²) >= 11 is 0. The Morgan fingerprint density at radius 1 is 1.20 bits per heavy atom. The fourth-order valence-electron chi connectivity index (χ4n) is 1.35. The maximum atomic E-state index is 10.9. The van der Waals surface area contributed by atoms with Crippen molar-refractivity contribution in [1.82, 2.24) is 0 Å². The number of rotatable bonds is 2. The van der Waals surface area contributed by atoms with E-state index in [2.05, 4.69) is 20.8 Å². The summed E-state index contributed by atoms with van der Waals surface area (Å²) in [5, 5.41) is 0. The number of benzene rings is 1. The molecule has 0 bridgehead atoms. The zero-order valence-corrected chi connectivity index (χ0v) is 9.45. The van der Waals surface area contributed by atoms with Crippen molar-refractivity contribution >= 4 is 5.91 Å². The van der Waals surface area contributed by atoms with Gasteiger partial charge in [-0.05, 0) is 16.5 Å². The molecule has 3 nitrogen and oxygen atoms in total. The lowest BCUT2D eigenvalue weighted by atomic mass is 9.86. The molecular formula is C12H18N2O. The second-order valence-corrected chi connectivity index (χ2v) is 4.75. The summed E-state index contributed by atoms with van der Waals surface area (Å²) < 4.78 is 0. The second kappa shape index (κ2) is 4.03. The number of primary amides is 1. The molecule has 0 aliphatic rings. The molecule has 1 rings (SSSR count). The van der Waals surface area contributed by atoms with E-state index < -0.39 is 11.9 Å². The molecule has 0 saturated carbocycles. The third kappa shape index (κ3) is 2.80. The molecule has 82 valence electrons. The van der Waals surface area contributed by atoms with E-state index in [1.54, 1.807) is 0 Å². The van der Waals surface area contributed by atoms with Gasteiger partial charge in [-0.25, -0.2) is 0 Å². The summed E-state index contributed by atoms with van der Waals surface area (Å²) in [6, 6.07) is 6.97. The van der Waals surface area contributed by atoms with E-state index in [0.717, 1.165) is 5.56 Å². The first-order valence-electron chi connectivity index (χ1n) is 4.97. The number of carbonyl (C=O) groups excluding carboxylic acids is 1. The molecule has 0 aliphatic carbocycles. The fourth-order valence-corrected chi connectivity index (χ4v) is 1.35. The van der Waals surface area contributed by atoms with Gasteiger partial charge >= 0.3 is 0 Å². The van der Waals surface area contributed by atoms with E-state index in [9.17, 15) is 4.79 Å². The minimum absolute atomic E-state index is 0.106. The zero-order chi connectivity index (χ0) is 11.6. The quantitative estimate of drug-likeness (QED) is 0.769. The molecule has 0 saturated heterocycles. The van der Waals surface area contributed by atoms with Gasteiger partial charge in [0.1, 0.15) is 6.04 Å². The van der Waals surface area contributed by atoms with Crippen LogP contribution in [0.25, 0.3) is 0 Å². The van der Waals surface area contributed by atoms with Gasteiger partial charge in [-0.3, -0.25) is 4.79 Å². The van der Waals surface area contributed by atoms with Crippen molar-refractivity contribution in [3.63, 3.8) is 0 Å². The summed E-state index contributed by atoms with van der Waals surface area (Å²) in [4.78, 5) is 10.9. The Kier molecular flexibility index (Phi) is 3.15. The fraction of sp³-hybridized carbons (Fsp3) is 0.417. The summed E-state index contributed by atoms with van der Waals surface area (Å²) in [7, 11) is 0. The van der Waals surface area contributed by atoms with Crippen LogP contribution in [-0.2, 0) is 10.2 Å². The summed E-state index contributed by atoms with van der Waals surface area (Å²) in [5.41, 5.74) is 12.8. The molecule has 1 aromatic rings. The van der Waals surface area contributed by atoms with Crippen LogP contribution >= 0.6 is 0 Å². The Balaban J connectivity index is 2.95. The second-order valence-electron chi connectivity index (χ2n) is 4.75. The van der Waals surface area contributed by atoms with E-state index in [4.69, 9.17) is 11.5 Å². The van der Waals surface area contributed by atoms with E-state index in [1.807, 2.05) is 24.3 Å². The Morgan fingerprint density at radius 3 is 2.00 bits per heavy atom. The summed E-state index contributed by atoms with van der Waals surface area (Å²) in [6.45, 7) is 6.40. The predicted octanol–water partition coefficient (Wildman–Crippen LogP) is 1.47. The highest BCUT2D eigenvalue weighted by Gasteiger charge is 2.15. The molecule has 1 unspecified atom stereocenters. The van der Waals surface area contributed by atoms with Crippen molar-refractivity contribution in [1.29, 1.82) is 0 Å². The molecule has 1 aromatic carbocycles. The maximum Gasteiger partial charge on any atom is 0.238 e. The molecular weight excluding hydrogens is 188 g/mol. The van der Waals surface area contributed by atoms with E-state index in [1.165, 1.54) is 5.56 Å². The molecule has 0 aliphatic heterocycles. The van der Waals surface area contributed by atoms with E-state index in [0.29, 0.717) is 0 Å². The zero-order valence-electron chi connectivity index (χ0n) is 9.45. The van der Waals surface area contributed by atoms with Crippen molar-refractivity contribution in [2.24, 2.45) is 11.5 Å². The molecule has 0 radical (unpaired) electrons. The van der Waals surface area contributed by atoms with Gasteiger partial charge in [-0.15, -0.1) is 0 Å². The molecule has 0 spiro atoms. The first-order chi connectivity index (χ1) is 6.82. The third-order valence-corrected chi connectivity index (χ3v) is 2.44. The molecule has 0 fully saturated rings. The third-order valence-electron chi connectivity index (χ3n) is 2.44. The van der Waals surface area contributed by atoms with Gasteiger partial charge in [0.25, 0.3) is 0 Å². The highest BCUT2D eigenvalue weighted by molar-refractivity contribution is 5.81. The first-order valence-corrected chi connectivity index (χ1v) is 4.97. The Bertz CT molecular complexity index is 349. The molecule has 1 atom stereocenters. The van der Waals surface area contributed by atoms with Crippen LogP contribution in [0.15, 0.2) is 24.3 Å². The van der Waals surface area contributed by atoms with E-state index in [-0.39, 0.29) is 5.41 Å². The number of hydrogen-bond acceptors (Lipinski definition) is 2. The van der Waals surface area contributed by atoms with Crippen molar-refractivity contribution in [3.8, 4) is 0 Å². The highest BCUT2D eigenvalue weighted by Crippen LogP contribution is 2.23. The van der Waals surface area contributed by atoms with Gasteiger partial charge in [0, 0.05) is 0 Å². The number of carbonyl (C=O) groups is 1. The Morgan fingerprint density at radius 2 is 1.67 bits per heavy atom. The predicted molar refractivity (Wildman–Crippen MR) is 61.3 cm³/mol. The highest BCUT2D eigenvalue weighted by atomic mass is 16.1. The van der Waals surface area contributed by atoms with Gasteiger partial charge in [0.15, 0.2) is 0 Å². The lowest BCUT2D eigenvalue weighted by molar-refractivity contribution is -0.119. The van der Waals surface area contributed by atoms with Gasteiger partial charge in [0.05, 0.1) is 0 Å². The molecule has 0 aromatic heterocycles. The standard InChI is InChI=1S/C12H18N2O/c1-12(2,3)9-6-4-8(5-7-9)10(13)11(14)15/h4-7,10H,13H2,1-3H3,(H2,14,15). The molecule has 1 amide bonds. The SMILES string of the molecule is CC(C)(C)c1ccc(C(N)C(N)=O)cc1. The van der Waals surface area contributed by atoms with Crippen LogP contribution in [0, 0.1) is 0 Å². The van der Waals surface area contributed by atoms with Gasteiger partial charge < -0.3 is 11.5 Å². The van der Waals surface area contributed by atoms with Crippen LogP contribution < -0.4 is 11.5 Å². The molecule has 3 heteroatoms. The van der Waals surface area contributed by atoms with Crippen molar-refractivity contribution in [2.45, 2.75) is 32.2 Å². The lowest BCUT2D eigenvalue weighted by Gasteiger charge is -2.19. The van der Waals surface area contributed by atoms with Crippen molar-refractivity contribution in [2.75, 3.05) is 0 Å². The number of nitrogens with two attached hydrogens (primary N) is 2. The van der Waals surface area contributed by atoms with Crippen molar-refractivity contribution < 1.29 is 4.79 Å². The van der Waals surface area contributed by atoms with Gasteiger partial charge in [-0.1, -0.05) is 45.0 Å². The minimum atomic E-state index is -0.709.